The lowest BCUT2D eigenvalue weighted by Crippen LogP contribution is -2.53. The van der Waals surface area contributed by atoms with E-state index in [9.17, 15) is 18.3 Å². The lowest BCUT2D eigenvalue weighted by atomic mass is 9.63. The van der Waals surface area contributed by atoms with Crippen molar-refractivity contribution in [2.24, 2.45) is 23.2 Å². The molecule has 8 nitrogen and oxygen atoms in total. The Labute approximate surface area is 274 Å². The second-order valence-electron chi connectivity index (χ2n) is 14.2. The number of benzene rings is 1. The summed E-state index contributed by atoms with van der Waals surface area (Å²) in [7, 11) is -2.10. The molecule has 0 unspecified atom stereocenters. The maximum atomic E-state index is 13.5. The number of halogens is 1. The van der Waals surface area contributed by atoms with E-state index in [-0.39, 0.29) is 34.8 Å². The van der Waals surface area contributed by atoms with Gasteiger partial charge in [-0.3, -0.25) is 4.79 Å². The van der Waals surface area contributed by atoms with E-state index in [2.05, 4.69) is 21.5 Å². The van der Waals surface area contributed by atoms with E-state index in [1.165, 1.54) is 0 Å². The molecule has 2 heterocycles. The number of carbonyl (C=O) groups excluding carboxylic acids is 1. The Morgan fingerprint density at radius 2 is 2.04 bits per heavy atom. The summed E-state index contributed by atoms with van der Waals surface area (Å²) >= 11 is 6.44. The molecule has 7 atom stereocenters. The SMILES string of the molecule is C=C1/C(=C\C(Cl)=C/C)CCC[C@]12COc1ccc3cc1N(C[C@@H]1CC[C@H]1[C@@](C)(O)C[C@H](NC)C[C@H](C)[C@@H](C)S(=O)(=O)NC3=O)C2. The first-order chi connectivity index (χ1) is 21.2. The third-order valence-electron chi connectivity index (χ3n) is 11.2. The number of allylic oxidation sites excluding steroid dienone is 4. The van der Waals surface area contributed by atoms with Crippen LogP contribution in [0.25, 0.3) is 0 Å². The summed E-state index contributed by atoms with van der Waals surface area (Å²) in [6.07, 6.45) is 9.66. The Morgan fingerprint density at radius 3 is 2.71 bits per heavy atom. The minimum absolute atomic E-state index is 0.0774. The Morgan fingerprint density at radius 1 is 1.29 bits per heavy atom. The fraction of sp³-hybridized carbons (Fsp3) is 0.629. The van der Waals surface area contributed by atoms with Crippen molar-refractivity contribution in [3.05, 3.63) is 58.7 Å². The summed E-state index contributed by atoms with van der Waals surface area (Å²) in [6, 6.07) is 5.11. The number of carbonyl (C=O) groups is 1. The molecule has 0 radical (unpaired) electrons. The van der Waals surface area contributed by atoms with Gasteiger partial charge in [-0.1, -0.05) is 31.2 Å². The second-order valence-corrected chi connectivity index (χ2v) is 16.7. The number of ether oxygens (including phenoxy) is 1. The average Bonchev–Trinajstić information content (AvgIpc) is 3.12. The van der Waals surface area contributed by atoms with Crippen molar-refractivity contribution in [2.45, 2.75) is 89.5 Å². The van der Waals surface area contributed by atoms with Crippen LogP contribution in [0.3, 0.4) is 0 Å². The highest BCUT2D eigenvalue weighted by molar-refractivity contribution is 7.90. The number of sulfonamides is 1. The van der Waals surface area contributed by atoms with Gasteiger partial charge in [0.2, 0.25) is 10.0 Å². The highest BCUT2D eigenvalue weighted by Crippen LogP contribution is 2.50. The van der Waals surface area contributed by atoms with Crippen molar-refractivity contribution in [3.8, 4) is 5.75 Å². The zero-order valence-corrected chi connectivity index (χ0v) is 28.9. The number of nitrogens with zero attached hydrogens (tertiary/aromatic N) is 1. The molecule has 1 aromatic carbocycles. The molecule has 1 aromatic rings. The summed E-state index contributed by atoms with van der Waals surface area (Å²) < 4.78 is 35.7. The molecule has 45 heavy (non-hydrogen) atoms. The molecule has 4 aliphatic rings. The van der Waals surface area contributed by atoms with Crippen LogP contribution in [0.2, 0.25) is 0 Å². The lowest BCUT2D eigenvalue weighted by Gasteiger charge is -2.50. The van der Waals surface area contributed by atoms with Crippen molar-refractivity contribution >= 4 is 33.2 Å². The van der Waals surface area contributed by atoms with Crippen molar-refractivity contribution in [1.82, 2.24) is 10.0 Å². The molecular formula is C35H50ClN3O5S. The zero-order chi connectivity index (χ0) is 32.7. The van der Waals surface area contributed by atoms with Crippen LogP contribution in [-0.2, 0) is 10.0 Å². The van der Waals surface area contributed by atoms with Gasteiger partial charge in [-0.15, -0.1) is 0 Å². The van der Waals surface area contributed by atoms with Gasteiger partial charge in [-0.2, -0.15) is 0 Å². The van der Waals surface area contributed by atoms with Gasteiger partial charge in [-0.05, 0) is 126 Å². The van der Waals surface area contributed by atoms with E-state index in [0.717, 1.165) is 48.9 Å². The maximum absolute atomic E-state index is 13.5. The summed E-state index contributed by atoms with van der Waals surface area (Å²) in [4.78, 5) is 15.8. The van der Waals surface area contributed by atoms with Crippen LogP contribution in [0.4, 0.5) is 5.69 Å². The van der Waals surface area contributed by atoms with Crippen LogP contribution in [0.1, 0.15) is 83.0 Å². The molecule has 2 fully saturated rings. The number of amides is 1. The van der Waals surface area contributed by atoms with Crippen LogP contribution in [-0.4, -0.2) is 63.1 Å². The number of aliphatic hydroxyl groups is 1. The number of nitrogens with one attached hydrogen (secondary N) is 2. The molecule has 1 amide bonds. The third-order valence-corrected chi connectivity index (χ3v) is 13.4. The summed E-state index contributed by atoms with van der Waals surface area (Å²) in [5.41, 5.74) is 1.88. The Bertz CT molecular complexity index is 1490. The first kappa shape index (κ1) is 34.0. The Hall–Kier alpha value is -2.33. The van der Waals surface area contributed by atoms with Crippen molar-refractivity contribution in [3.63, 3.8) is 0 Å². The quantitative estimate of drug-likeness (QED) is 0.362. The number of hydrogen-bond acceptors (Lipinski definition) is 7. The first-order valence-electron chi connectivity index (χ1n) is 16.4. The average molecular weight is 660 g/mol. The minimum Gasteiger partial charge on any atom is -0.490 e. The standard InChI is InChI=1S/C35H50ClN3O5S/c1-7-28(36)16-25-9-8-14-35(23(25)3)20-39-19-27-10-12-30(27)34(5,41)18-29(37-6)15-22(2)24(4)45(42,43)38-33(40)26-11-13-32(44-21-35)31(39)17-26/h7,11,13,16-17,22,24,27,29-30,37,41H,3,8-10,12,14-15,18-21H2,1-2,4-6H3,(H,38,40)/b25-16-,28-7+/t22-,24+,27-,29+,30+,34-,35-/m0/s1. The molecule has 2 aliphatic carbocycles. The van der Waals surface area contributed by atoms with E-state index in [0.29, 0.717) is 43.3 Å². The second kappa shape index (κ2) is 13.1. The predicted molar refractivity (Wildman–Crippen MR) is 181 cm³/mol. The monoisotopic (exact) mass is 659 g/mol. The van der Waals surface area contributed by atoms with Crippen molar-refractivity contribution in [1.29, 1.82) is 0 Å². The van der Waals surface area contributed by atoms with E-state index in [4.69, 9.17) is 16.3 Å². The first-order valence-corrected chi connectivity index (χ1v) is 18.3. The minimum atomic E-state index is -3.96. The smallest absolute Gasteiger partial charge is 0.264 e. The number of hydrogen-bond donors (Lipinski definition) is 3. The molecule has 248 valence electrons. The van der Waals surface area contributed by atoms with Crippen LogP contribution in [0.5, 0.6) is 5.75 Å². The summed E-state index contributed by atoms with van der Waals surface area (Å²) in [5.74, 6) is 0.0951. The Balaban J connectivity index is 1.58. The van der Waals surface area contributed by atoms with E-state index >= 15 is 0 Å². The number of anilines is 1. The predicted octanol–water partition coefficient (Wildman–Crippen LogP) is 5.92. The van der Waals surface area contributed by atoms with E-state index in [1.54, 1.807) is 25.1 Å². The molecule has 10 heteroatoms. The molecular weight excluding hydrogens is 610 g/mol. The van der Waals surface area contributed by atoms with Gasteiger partial charge in [0, 0.05) is 35.1 Å². The molecule has 2 bridgehead atoms. The van der Waals surface area contributed by atoms with Gasteiger partial charge in [0.15, 0.2) is 0 Å². The van der Waals surface area contributed by atoms with Gasteiger partial charge < -0.3 is 20.1 Å². The van der Waals surface area contributed by atoms with Gasteiger partial charge in [0.05, 0.1) is 23.1 Å². The van der Waals surface area contributed by atoms with Gasteiger partial charge in [-0.25, -0.2) is 13.1 Å². The fourth-order valence-electron chi connectivity index (χ4n) is 7.98. The lowest BCUT2D eigenvalue weighted by molar-refractivity contribution is -0.0791. The maximum Gasteiger partial charge on any atom is 0.264 e. The van der Waals surface area contributed by atoms with Crippen LogP contribution in [0.15, 0.2) is 53.1 Å². The molecule has 1 spiro atoms. The topological polar surface area (TPSA) is 108 Å². The molecule has 5 rings (SSSR count). The van der Waals surface area contributed by atoms with E-state index in [1.807, 2.05) is 40.0 Å². The summed E-state index contributed by atoms with van der Waals surface area (Å²) in [6.45, 7) is 13.7. The summed E-state index contributed by atoms with van der Waals surface area (Å²) in [5, 5.41) is 15.1. The zero-order valence-electron chi connectivity index (χ0n) is 27.4. The fourth-order valence-corrected chi connectivity index (χ4v) is 9.39. The van der Waals surface area contributed by atoms with Gasteiger partial charge in [0.25, 0.3) is 5.91 Å². The van der Waals surface area contributed by atoms with Gasteiger partial charge >= 0.3 is 0 Å². The van der Waals surface area contributed by atoms with Gasteiger partial charge in [0.1, 0.15) is 5.75 Å². The largest absolute Gasteiger partial charge is 0.490 e. The number of fused-ring (bicyclic) bond motifs is 2. The van der Waals surface area contributed by atoms with Crippen LogP contribution < -0.4 is 19.7 Å². The molecule has 0 saturated heterocycles. The third kappa shape index (κ3) is 6.87. The van der Waals surface area contributed by atoms with Crippen LogP contribution in [0, 0.1) is 23.2 Å². The number of rotatable bonds is 2. The van der Waals surface area contributed by atoms with Crippen LogP contribution >= 0.6 is 11.6 Å². The molecule has 2 aliphatic heterocycles. The highest BCUT2D eigenvalue weighted by atomic mass is 35.5. The highest BCUT2D eigenvalue weighted by Gasteiger charge is 2.48. The molecule has 3 N–H and O–H groups in total. The normalized spacial score (nSPS) is 36.9. The van der Waals surface area contributed by atoms with E-state index < -0.39 is 26.8 Å². The van der Waals surface area contributed by atoms with Crippen molar-refractivity contribution in [2.75, 3.05) is 31.6 Å². The Kier molecular flexibility index (Phi) is 9.87. The molecule has 2 saturated carbocycles. The van der Waals surface area contributed by atoms with Crippen molar-refractivity contribution < 1.29 is 23.1 Å². The molecule has 0 aromatic heterocycles.